The first-order valence-electron chi connectivity index (χ1n) is 12.4. The molecule has 202 valence electrons. The smallest absolute Gasteiger partial charge is 0.326 e. The fourth-order valence-corrected chi connectivity index (χ4v) is 4.14. The third-order valence-electron chi connectivity index (χ3n) is 6.00. The monoisotopic (exact) mass is 522 g/mol. The van der Waals surface area contributed by atoms with Crippen molar-refractivity contribution in [2.24, 2.45) is 17.6 Å². The number of hydrogen-bond acceptors (Lipinski definition) is 6. The van der Waals surface area contributed by atoms with Crippen LogP contribution in [0.3, 0.4) is 0 Å². The second kappa shape index (κ2) is 16.2. The van der Waals surface area contributed by atoms with E-state index in [1.165, 1.54) is 11.8 Å². The van der Waals surface area contributed by atoms with Crippen molar-refractivity contribution in [1.82, 2.24) is 16.0 Å². The molecule has 0 aliphatic rings. The number of aliphatic carboxylic acids is 1. The van der Waals surface area contributed by atoms with Gasteiger partial charge in [0.05, 0.1) is 6.04 Å². The van der Waals surface area contributed by atoms with Crippen LogP contribution in [0.25, 0.3) is 0 Å². The van der Waals surface area contributed by atoms with Crippen molar-refractivity contribution in [2.75, 3.05) is 12.0 Å². The minimum absolute atomic E-state index is 0.114. The largest absolute Gasteiger partial charge is 0.480 e. The molecule has 0 spiro atoms. The summed E-state index contributed by atoms with van der Waals surface area (Å²) in [5.41, 5.74) is 6.76. The van der Waals surface area contributed by atoms with E-state index in [-0.39, 0.29) is 18.3 Å². The van der Waals surface area contributed by atoms with Gasteiger partial charge in [-0.2, -0.15) is 11.8 Å². The Morgan fingerprint density at radius 3 is 2.08 bits per heavy atom. The maximum atomic E-state index is 13.2. The molecule has 1 rings (SSSR count). The van der Waals surface area contributed by atoms with Gasteiger partial charge in [0.25, 0.3) is 0 Å². The molecule has 0 aromatic heterocycles. The Morgan fingerprint density at radius 1 is 0.944 bits per heavy atom. The van der Waals surface area contributed by atoms with Gasteiger partial charge in [-0.3, -0.25) is 14.4 Å². The number of carboxylic acids is 1. The summed E-state index contributed by atoms with van der Waals surface area (Å²) in [6.45, 7) is 7.62. The van der Waals surface area contributed by atoms with Crippen molar-refractivity contribution >= 4 is 35.5 Å². The molecule has 0 fully saturated rings. The molecule has 3 amide bonds. The van der Waals surface area contributed by atoms with Crippen LogP contribution in [0.1, 0.15) is 52.5 Å². The lowest BCUT2D eigenvalue weighted by molar-refractivity contribution is -0.142. The third-order valence-corrected chi connectivity index (χ3v) is 6.64. The van der Waals surface area contributed by atoms with Gasteiger partial charge in [-0.1, -0.05) is 64.4 Å². The van der Waals surface area contributed by atoms with Crippen LogP contribution < -0.4 is 21.7 Å². The number of benzene rings is 1. The topological polar surface area (TPSA) is 151 Å². The molecule has 36 heavy (non-hydrogen) atoms. The van der Waals surface area contributed by atoms with E-state index in [1.54, 1.807) is 24.3 Å². The average molecular weight is 523 g/mol. The molecule has 0 saturated heterocycles. The van der Waals surface area contributed by atoms with Crippen molar-refractivity contribution < 1.29 is 24.3 Å². The quantitative estimate of drug-likeness (QED) is 0.223. The summed E-state index contributed by atoms with van der Waals surface area (Å²) < 4.78 is 0. The molecular formula is C26H42N4O5S. The van der Waals surface area contributed by atoms with E-state index in [1.807, 2.05) is 40.0 Å². The number of hydrogen-bond donors (Lipinski definition) is 5. The summed E-state index contributed by atoms with van der Waals surface area (Å²) >= 11 is 1.53. The molecule has 5 unspecified atom stereocenters. The number of nitrogens with one attached hydrogen (secondary N) is 3. The van der Waals surface area contributed by atoms with Gasteiger partial charge in [-0.15, -0.1) is 0 Å². The van der Waals surface area contributed by atoms with Crippen molar-refractivity contribution in [3.63, 3.8) is 0 Å². The van der Waals surface area contributed by atoms with Crippen molar-refractivity contribution in [1.29, 1.82) is 0 Å². The molecular weight excluding hydrogens is 480 g/mol. The lowest BCUT2D eigenvalue weighted by atomic mass is 9.96. The van der Waals surface area contributed by atoms with Crippen LogP contribution >= 0.6 is 11.8 Å². The van der Waals surface area contributed by atoms with Gasteiger partial charge in [-0.05, 0) is 42.2 Å². The van der Waals surface area contributed by atoms with Crippen LogP contribution in [0.2, 0.25) is 0 Å². The number of amides is 3. The van der Waals surface area contributed by atoms with E-state index in [4.69, 9.17) is 5.73 Å². The normalized spacial score (nSPS) is 15.3. The van der Waals surface area contributed by atoms with E-state index >= 15 is 0 Å². The van der Waals surface area contributed by atoms with Gasteiger partial charge >= 0.3 is 5.97 Å². The minimum atomic E-state index is -1.16. The van der Waals surface area contributed by atoms with Gasteiger partial charge in [-0.25, -0.2) is 4.79 Å². The second-order valence-corrected chi connectivity index (χ2v) is 10.5. The number of rotatable bonds is 16. The van der Waals surface area contributed by atoms with Crippen molar-refractivity contribution in [3.8, 4) is 0 Å². The molecule has 0 saturated carbocycles. The van der Waals surface area contributed by atoms with Crippen LogP contribution in [-0.2, 0) is 25.6 Å². The van der Waals surface area contributed by atoms with Crippen molar-refractivity contribution in [3.05, 3.63) is 35.9 Å². The zero-order valence-electron chi connectivity index (χ0n) is 22.0. The summed E-state index contributed by atoms with van der Waals surface area (Å²) in [7, 11) is 0. The molecule has 0 heterocycles. The predicted molar refractivity (Wildman–Crippen MR) is 143 cm³/mol. The zero-order valence-corrected chi connectivity index (χ0v) is 22.8. The van der Waals surface area contributed by atoms with E-state index in [0.29, 0.717) is 25.0 Å². The van der Waals surface area contributed by atoms with E-state index in [2.05, 4.69) is 16.0 Å². The number of nitrogens with two attached hydrogens (primary N) is 1. The second-order valence-electron chi connectivity index (χ2n) is 9.54. The fraction of sp³-hybridized carbons (Fsp3) is 0.615. The van der Waals surface area contributed by atoms with Gasteiger partial charge in [0.2, 0.25) is 17.7 Å². The summed E-state index contributed by atoms with van der Waals surface area (Å²) in [5.74, 6) is -2.07. The van der Waals surface area contributed by atoms with Crippen LogP contribution in [0.4, 0.5) is 0 Å². The van der Waals surface area contributed by atoms with Crippen LogP contribution in [0, 0.1) is 11.8 Å². The van der Waals surface area contributed by atoms with Gasteiger partial charge < -0.3 is 26.8 Å². The first kappa shape index (κ1) is 31.4. The molecule has 10 heteroatoms. The standard InChI is InChI=1S/C26H42N4O5S/c1-6-17(4)22(25(33)29-21(26(34)35)15-18-10-8-7-9-11-18)30-24(32)20(12-13-36-5)28-23(31)19(27)14-16(2)3/h7-11,16-17,19-22H,6,12-15,27H2,1-5H3,(H,28,31)(H,29,33)(H,30,32)(H,34,35). The minimum Gasteiger partial charge on any atom is -0.480 e. The Hall–Kier alpha value is -2.59. The molecule has 0 bridgehead atoms. The average Bonchev–Trinajstić information content (AvgIpc) is 2.83. The Morgan fingerprint density at radius 2 is 1.56 bits per heavy atom. The number of carboxylic acid groups (broad SMARTS) is 1. The van der Waals surface area contributed by atoms with Crippen LogP contribution in [-0.4, -0.2) is 65.0 Å². The highest BCUT2D eigenvalue weighted by molar-refractivity contribution is 7.98. The van der Waals surface area contributed by atoms with E-state index in [0.717, 1.165) is 5.56 Å². The Kier molecular flexibility index (Phi) is 14.2. The molecule has 9 nitrogen and oxygen atoms in total. The Labute approximate surface area is 218 Å². The molecule has 5 atom stereocenters. The van der Waals surface area contributed by atoms with Crippen LogP contribution in [0.5, 0.6) is 0 Å². The first-order valence-corrected chi connectivity index (χ1v) is 13.8. The van der Waals surface area contributed by atoms with Gasteiger partial charge in [0.1, 0.15) is 18.1 Å². The maximum absolute atomic E-state index is 13.2. The highest BCUT2D eigenvalue weighted by atomic mass is 32.2. The lowest BCUT2D eigenvalue weighted by Crippen LogP contribution is -2.59. The summed E-state index contributed by atoms with van der Waals surface area (Å²) in [6, 6.07) is 5.30. The SMILES string of the molecule is CCC(C)C(NC(=O)C(CCSC)NC(=O)C(N)CC(C)C)C(=O)NC(Cc1ccccc1)C(=O)O. The maximum Gasteiger partial charge on any atom is 0.326 e. The van der Waals surface area contributed by atoms with Crippen molar-refractivity contribution in [2.45, 2.75) is 77.5 Å². The molecule has 0 aliphatic carbocycles. The van der Waals surface area contributed by atoms with Gasteiger partial charge in [0, 0.05) is 6.42 Å². The number of thioether (sulfide) groups is 1. The zero-order chi connectivity index (χ0) is 27.3. The molecule has 1 aromatic rings. The Bertz CT molecular complexity index is 852. The summed E-state index contributed by atoms with van der Waals surface area (Å²) in [4.78, 5) is 50.8. The molecule has 0 aliphatic heterocycles. The highest BCUT2D eigenvalue weighted by Gasteiger charge is 2.32. The van der Waals surface area contributed by atoms with E-state index < -0.39 is 47.9 Å². The third kappa shape index (κ3) is 11.0. The van der Waals surface area contributed by atoms with Gasteiger partial charge in [0.15, 0.2) is 0 Å². The predicted octanol–water partition coefficient (Wildman–Crippen LogP) is 1.94. The summed E-state index contributed by atoms with van der Waals surface area (Å²) in [6.07, 6.45) is 3.45. The fourth-order valence-electron chi connectivity index (χ4n) is 3.67. The number of carbonyl (C=O) groups is 4. The summed E-state index contributed by atoms with van der Waals surface area (Å²) in [5, 5.41) is 17.8. The molecule has 6 N–H and O–H groups in total. The van der Waals surface area contributed by atoms with Crippen LogP contribution in [0.15, 0.2) is 30.3 Å². The number of carbonyl (C=O) groups excluding carboxylic acids is 3. The molecule has 0 radical (unpaired) electrons. The Balaban J connectivity index is 3.00. The first-order chi connectivity index (χ1) is 17.0. The highest BCUT2D eigenvalue weighted by Crippen LogP contribution is 2.12. The lowest BCUT2D eigenvalue weighted by Gasteiger charge is -2.28. The van der Waals surface area contributed by atoms with E-state index in [9.17, 15) is 24.3 Å². The molecule has 1 aromatic carbocycles.